The first kappa shape index (κ1) is 36.8. The van der Waals surface area contributed by atoms with Crippen molar-refractivity contribution in [3.63, 3.8) is 0 Å². The average molecular weight is 689 g/mol. The van der Waals surface area contributed by atoms with E-state index in [9.17, 15) is 0 Å². The number of hydrogen-bond donors (Lipinski definition) is 4. The van der Waals surface area contributed by atoms with E-state index in [0.29, 0.717) is 23.9 Å². The minimum absolute atomic E-state index is 0. The van der Waals surface area contributed by atoms with E-state index < -0.39 is 0 Å². The summed E-state index contributed by atoms with van der Waals surface area (Å²) >= 11 is 0. The maximum Gasteiger partial charge on any atom is 0.127 e. The summed E-state index contributed by atoms with van der Waals surface area (Å²) in [7, 11) is 0. The second-order valence-corrected chi connectivity index (χ2v) is 14.3. The first-order valence-corrected chi connectivity index (χ1v) is 19.4. The third-order valence-electron chi connectivity index (χ3n) is 11.0. The molecule has 6 nitrogen and oxygen atoms in total. The summed E-state index contributed by atoms with van der Waals surface area (Å²) in [5, 5.41) is 14.6. The van der Waals surface area contributed by atoms with Crippen LogP contribution in [0.5, 0.6) is 11.5 Å². The van der Waals surface area contributed by atoms with E-state index in [0.717, 1.165) is 76.6 Å². The second-order valence-electron chi connectivity index (χ2n) is 14.3. The molecule has 0 amide bonds. The molecular formula is C45H60N4O2. The molecule has 2 fully saturated rings. The minimum atomic E-state index is 0. The summed E-state index contributed by atoms with van der Waals surface area (Å²) in [4.78, 5) is 0. The van der Waals surface area contributed by atoms with E-state index in [1.807, 2.05) is 0 Å². The molecule has 0 aromatic heterocycles. The minimum Gasteiger partial charge on any atom is -0.493 e. The summed E-state index contributed by atoms with van der Waals surface area (Å²) in [6.45, 7) is 10.4. The van der Waals surface area contributed by atoms with Crippen molar-refractivity contribution < 1.29 is 9.47 Å². The molecule has 4 N–H and O–H groups in total. The average Bonchev–Trinajstić information content (AvgIpc) is 3.47. The van der Waals surface area contributed by atoms with Crippen LogP contribution in [0.2, 0.25) is 0 Å². The molecular weight excluding hydrogens is 629 g/mol. The quantitative estimate of drug-likeness (QED) is 0.124. The third-order valence-corrected chi connectivity index (χ3v) is 11.0. The summed E-state index contributed by atoms with van der Waals surface area (Å²) in [6.07, 6.45) is 9.27. The monoisotopic (exact) mass is 688 g/mol. The molecule has 0 spiro atoms. The second kappa shape index (κ2) is 18.0. The number of unbranched alkanes of at least 4 members (excludes halogenated alkanes) is 2. The van der Waals surface area contributed by atoms with Gasteiger partial charge >= 0.3 is 0 Å². The van der Waals surface area contributed by atoms with E-state index in [4.69, 9.17) is 9.47 Å². The van der Waals surface area contributed by atoms with Crippen LogP contribution in [0.15, 0.2) is 84.9 Å². The van der Waals surface area contributed by atoms with Gasteiger partial charge in [0.2, 0.25) is 0 Å². The zero-order chi connectivity index (χ0) is 34.1. The predicted molar refractivity (Wildman–Crippen MR) is 216 cm³/mol. The lowest BCUT2D eigenvalue weighted by Gasteiger charge is -2.19. The van der Waals surface area contributed by atoms with Crippen LogP contribution in [0.1, 0.15) is 95.6 Å². The third kappa shape index (κ3) is 8.23. The summed E-state index contributed by atoms with van der Waals surface area (Å²) in [6, 6.07) is 31.5. The summed E-state index contributed by atoms with van der Waals surface area (Å²) < 4.78 is 12.2. The highest BCUT2D eigenvalue weighted by atomic mass is 16.5. The van der Waals surface area contributed by atoms with Gasteiger partial charge in [0.1, 0.15) is 11.5 Å². The van der Waals surface area contributed by atoms with Gasteiger partial charge in [0.25, 0.3) is 0 Å². The predicted octanol–water partition coefficient (Wildman–Crippen LogP) is 10.2. The van der Waals surface area contributed by atoms with Crippen molar-refractivity contribution in [3.8, 4) is 33.8 Å². The summed E-state index contributed by atoms with van der Waals surface area (Å²) in [5.74, 6) is 3.20. The van der Waals surface area contributed by atoms with Gasteiger partial charge in [-0.1, -0.05) is 94.8 Å². The van der Waals surface area contributed by atoms with Crippen LogP contribution in [0.3, 0.4) is 0 Å². The van der Waals surface area contributed by atoms with Crippen LogP contribution in [0.25, 0.3) is 22.3 Å². The number of rotatable bonds is 10. The van der Waals surface area contributed by atoms with Crippen LogP contribution in [-0.4, -0.2) is 51.5 Å². The molecule has 272 valence electrons. The Hall–Kier alpha value is -4.00. The number of benzene rings is 4. The number of fused-ring (bicyclic) bond motifs is 6. The Morgan fingerprint density at radius 2 is 0.922 bits per heavy atom. The largest absolute Gasteiger partial charge is 0.493 e. The molecule has 51 heavy (non-hydrogen) atoms. The molecule has 4 aliphatic heterocycles. The van der Waals surface area contributed by atoms with Crippen LogP contribution in [-0.2, 0) is 0 Å². The van der Waals surface area contributed by atoms with Crippen LogP contribution in [0.4, 0.5) is 11.4 Å². The molecule has 2 saturated heterocycles. The molecule has 4 aliphatic rings. The highest BCUT2D eigenvalue weighted by Crippen LogP contribution is 2.48. The van der Waals surface area contributed by atoms with Crippen LogP contribution >= 0.6 is 0 Å². The molecule has 0 aliphatic carbocycles. The van der Waals surface area contributed by atoms with Gasteiger partial charge in [0, 0.05) is 46.4 Å². The number of anilines is 2. The molecule has 8 rings (SSSR count). The van der Waals surface area contributed by atoms with E-state index in [-0.39, 0.29) is 7.43 Å². The Balaban J connectivity index is 0.000000172. The first-order valence-electron chi connectivity index (χ1n) is 19.4. The number of nitrogens with one attached hydrogen (secondary N) is 4. The zero-order valence-electron chi connectivity index (χ0n) is 30.1. The van der Waals surface area contributed by atoms with Gasteiger partial charge in [-0.15, -0.1) is 0 Å². The van der Waals surface area contributed by atoms with Gasteiger partial charge in [0.15, 0.2) is 0 Å². The van der Waals surface area contributed by atoms with Crippen molar-refractivity contribution in [2.75, 3.05) is 50.0 Å². The molecule has 6 heteroatoms. The maximum absolute atomic E-state index is 6.12. The van der Waals surface area contributed by atoms with Gasteiger partial charge in [-0.3, -0.25) is 0 Å². The van der Waals surface area contributed by atoms with Gasteiger partial charge in [-0.25, -0.2) is 0 Å². The van der Waals surface area contributed by atoms with Gasteiger partial charge < -0.3 is 30.7 Å². The number of ether oxygens (including phenoxy) is 2. The van der Waals surface area contributed by atoms with Crippen molar-refractivity contribution >= 4 is 11.4 Å². The SMILES string of the molecule is C.CCCCOc1ccccc1-c1cccc2c1C1CCNCC[C@H]1N2.CCCCOc1ccccc1-c1cccc2c1[C@@H]1CCNCC[C@@H]1N2. The van der Waals surface area contributed by atoms with E-state index in [2.05, 4.69) is 120 Å². The lowest BCUT2D eigenvalue weighted by molar-refractivity contribution is 0.310. The maximum atomic E-state index is 6.12. The number of para-hydroxylation sites is 2. The Kier molecular flexibility index (Phi) is 13.0. The fourth-order valence-corrected chi connectivity index (χ4v) is 8.45. The van der Waals surface area contributed by atoms with E-state index in [1.165, 1.54) is 70.4 Å². The normalized spacial score (nSPS) is 21.4. The Morgan fingerprint density at radius 1 is 0.510 bits per heavy atom. The zero-order valence-corrected chi connectivity index (χ0v) is 30.1. The highest BCUT2D eigenvalue weighted by molar-refractivity contribution is 5.82. The molecule has 0 saturated carbocycles. The Bertz CT molecular complexity index is 1580. The van der Waals surface area contributed by atoms with Crippen molar-refractivity contribution in [2.24, 2.45) is 0 Å². The van der Waals surface area contributed by atoms with Crippen molar-refractivity contribution in [1.82, 2.24) is 10.6 Å². The van der Waals surface area contributed by atoms with E-state index >= 15 is 0 Å². The van der Waals surface area contributed by atoms with Crippen molar-refractivity contribution in [3.05, 3.63) is 96.1 Å². The first-order chi connectivity index (χ1) is 24.8. The standard InChI is InChI=1S/2C22H28N2O.CH4/c2*1-2-3-15-25-21-10-5-4-7-16(21)17-8-6-9-20-22(17)18-11-13-23-14-12-19(18)24-20;/h2*4-10,18-19,23-24H,2-3,11-15H2,1H3;1H4/t18?,19-;18-,19+;/m11./s1. The molecule has 4 heterocycles. The highest BCUT2D eigenvalue weighted by Gasteiger charge is 2.36. The summed E-state index contributed by atoms with van der Waals surface area (Å²) in [5.41, 5.74) is 10.8. The fraction of sp³-hybridized carbons (Fsp3) is 0.467. The number of hydrogen-bond acceptors (Lipinski definition) is 6. The van der Waals surface area contributed by atoms with Gasteiger partial charge in [-0.2, -0.15) is 0 Å². The Labute approximate surface area is 307 Å². The van der Waals surface area contributed by atoms with Gasteiger partial charge in [0.05, 0.1) is 13.2 Å². The molecule has 0 bridgehead atoms. The topological polar surface area (TPSA) is 66.6 Å². The van der Waals surface area contributed by atoms with Gasteiger partial charge in [-0.05, 0) is 111 Å². The molecule has 1 unspecified atom stereocenters. The smallest absolute Gasteiger partial charge is 0.127 e. The molecule has 4 aromatic rings. The molecule has 4 atom stereocenters. The van der Waals surface area contributed by atoms with Crippen LogP contribution in [0, 0.1) is 0 Å². The lowest BCUT2D eigenvalue weighted by atomic mass is 9.85. The van der Waals surface area contributed by atoms with Crippen molar-refractivity contribution in [2.45, 2.75) is 96.6 Å². The van der Waals surface area contributed by atoms with Crippen LogP contribution < -0.4 is 30.7 Å². The molecule has 4 aromatic carbocycles. The van der Waals surface area contributed by atoms with E-state index in [1.54, 1.807) is 0 Å². The Morgan fingerprint density at radius 3 is 1.37 bits per heavy atom. The lowest BCUT2D eigenvalue weighted by Crippen LogP contribution is -2.21. The molecule has 0 radical (unpaired) electrons. The van der Waals surface area contributed by atoms with Crippen molar-refractivity contribution in [1.29, 1.82) is 0 Å². The fourth-order valence-electron chi connectivity index (χ4n) is 8.45.